The van der Waals surface area contributed by atoms with E-state index in [4.69, 9.17) is 5.11 Å². The molecule has 1 aliphatic carbocycles. The monoisotopic (exact) mass is 304 g/mol. The van der Waals surface area contributed by atoms with Crippen molar-refractivity contribution < 1.29 is 14.7 Å². The Balaban J connectivity index is 1.95. The van der Waals surface area contributed by atoms with Crippen molar-refractivity contribution >= 4 is 23.5 Å². The third-order valence-corrected chi connectivity index (χ3v) is 6.08. The molecule has 3 atom stereocenters. The van der Waals surface area contributed by atoms with Crippen molar-refractivity contribution in [3.63, 3.8) is 0 Å². The third-order valence-electron chi connectivity index (χ3n) is 4.84. The number of rotatable bonds is 2. The minimum Gasteiger partial charge on any atom is -0.481 e. The summed E-state index contributed by atoms with van der Waals surface area (Å²) in [5.74, 6) is 0.562. The number of fused-ring (bicyclic) bond motifs is 2. The molecule has 0 amide bonds. The van der Waals surface area contributed by atoms with Crippen LogP contribution in [-0.4, -0.2) is 22.6 Å². The highest BCUT2D eigenvalue weighted by atomic mass is 32.2. The Bertz CT molecular complexity index is 581. The summed E-state index contributed by atoms with van der Waals surface area (Å²) in [5, 5.41) is 9.14. The number of hydrogen-bond donors (Lipinski definition) is 1. The lowest BCUT2D eigenvalue weighted by atomic mass is 9.76. The predicted molar refractivity (Wildman–Crippen MR) is 83.0 cm³/mol. The van der Waals surface area contributed by atoms with E-state index in [0.29, 0.717) is 5.92 Å². The molecule has 1 aliphatic heterocycles. The normalized spacial score (nSPS) is 26.4. The van der Waals surface area contributed by atoms with E-state index < -0.39 is 11.9 Å². The number of Topliss-reactive ketones (excluding diaryl/α,β-unsaturated/α-hetero) is 1. The van der Waals surface area contributed by atoms with Gasteiger partial charge in [0.25, 0.3) is 0 Å². The Kier molecular flexibility index (Phi) is 4.07. The first-order valence-electron chi connectivity index (χ1n) is 7.61. The van der Waals surface area contributed by atoms with Crippen LogP contribution in [0.25, 0.3) is 0 Å². The summed E-state index contributed by atoms with van der Waals surface area (Å²) in [4.78, 5) is 24.9. The van der Waals surface area contributed by atoms with Crippen LogP contribution in [0.3, 0.4) is 0 Å². The molecule has 4 heteroatoms. The Labute approximate surface area is 129 Å². The maximum absolute atomic E-state index is 12.8. The van der Waals surface area contributed by atoms with Gasteiger partial charge in [-0.3, -0.25) is 9.59 Å². The number of carboxylic acid groups (broad SMARTS) is 1. The predicted octanol–water partition coefficient (Wildman–Crippen LogP) is 3.97. The largest absolute Gasteiger partial charge is 0.481 e. The summed E-state index contributed by atoms with van der Waals surface area (Å²) in [6, 6.07) is 5.56. The minimum atomic E-state index is -0.825. The highest BCUT2D eigenvalue weighted by Crippen LogP contribution is 2.42. The van der Waals surface area contributed by atoms with Gasteiger partial charge in [0, 0.05) is 22.1 Å². The molecule has 112 valence electrons. The van der Waals surface area contributed by atoms with Crippen LogP contribution >= 0.6 is 11.8 Å². The first-order valence-corrected chi connectivity index (χ1v) is 8.60. The van der Waals surface area contributed by atoms with Crippen molar-refractivity contribution in [2.75, 3.05) is 5.75 Å². The Hall–Kier alpha value is -1.29. The second-order valence-corrected chi connectivity index (χ2v) is 7.20. The third kappa shape index (κ3) is 2.73. The molecular weight excluding hydrogens is 284 g/mol. The van der Waals surface area contributed by atoms with Crippen molar-refractivity contribution in [3.05, 3.63) is 29.3 Å². The number of hydrogen-bond acceptors (Lipinski definition) is 3. The zero-order chi connectivity index (χ0) is 15.0. The van der Waals surface area contributed by atoms with E-state index in [0.717, 1.165) is 41.0 Å². The van der Waals surface area contributed by atoms with E-state index in [-0.39, 0.29) is 11.7 Å². The van der Waals surface area contributed by atoms with Crippen molar-refractivity contribution in [3.8, 4) is 0 Å². The quantitative estimate of drug-likeness (QED) is 0.898. The fourth-order valence-corrected chi connectivity index (χ4v) is 4.76. The lowest BCUT2D eigenvalue weighted by molar-refractivity contribution is -0.138. The van der Waals surface area contributed by atoms with Crippen LogP contribution in [-0.2, 0) is 4.79 Å². The lowest BCUT2D eigenvalue weighted by Crippen LogP contribution is -2.27. The molecule has 1 N–H and O–H groups in total. The SMILES string of the molecule is CC(C(=O)O)c1ccc2c(c1)SC[C@H]1CCCC[C@H]1C2=O. The summed E-state index contributed by atoms with van der Waals surface area (Å²) in [5.41, 5.74) is 1.59. The number of carbonyl (C=O) groups is 2. The lowest BCUT2D eigenvalue weighted by Gasteiger charge is -2.28. The van der Waals surface area contributed by atoms with Gasteiger partial charge in [-0.2, -0.15) is 0 Å². The van der Waals surface area contributed by atoms with E-state index in [2.05, 4.69) is 0 Å². The van der Waals surface area contributed by atoms with Gasteiger partial charge in [0.15, 0.2) is 5.78 Å². The number of benzene rings is 1. The van der Waals surface area contributed by atoms with Gasteiger partial charge in [0.2, 0.25) is 0 Å². The molecule has 1 saturated carbocycles. The molecule has 1 unspecified atom stereocenters. The molecule has 1 aromatic carbocycles. The van der Waals surface area contributed by atoms with Crippen LogP contribution < -0.4 is 0 Å². The van der Waals surface area contributed by atoms with Gasteiger partial charge in [-0.1, -0.05) is 18.9 Å². The Morgan fingerprint density at radius 3 is 2.86 bits per heavy atom. The number of thioether (sulfide) groups is 1. The van der Waals surface area contributed by atoms with E-state index in [1.807, 2.05) is 12.1 Å². The summed E-state index contributed by atoms with van der Waals surface area (Å²) < 4.78 is 0. The van der Waals surface area contributed by atoms with E-state index in [9.17, 15) is 9.59 Å². The van der Waals surface area contributed by atoms with Gasteiger partial charge >= 0.3 is 5.97 Å². The molecule has 21 heavy (non-hydrogen) atoms. The summed E-state index contributed by atoms with van der Waals surface area (Å²) in [6.07, 6.45) is 4.54. The van der Waals surface area contributed by atoms with E-state index >= 15 is 0 Å². The standard InChI is InChI=1S/C17H20O3S/c1-10(17(19)20)11-6-7-14-15(8-11)21-9-12-4-2-3-5-13(12)16(14)18/h6-8,10,12-13H,2-5,9H2,1H3,(H,19,20)/t10?,12-,13-/m1/s1. The van der Waals surface area contributed by atoms with Crippen LogP contribution in [0.4, 0.5) is 0 Å². The van der Waals surface area contributed by atoms with Crippen LogP contribution in [0.2, 0.25) is 0 Å². The van der Waals surface area contributed by atoms with Crippen LogP contribution in [0.1, 0.15) is 54.4 Å². The van der Waals surface area contributed by atoms with Gasteiger partial charge in [-0.15, -0.1) is 11.8 Å². The summed E-state index contributed by atoms with van der Waals surface area (Å²) in [7, 11) is 0. The minimum absolute atomic E-state index is 0.176. The van der Waals surface area contributed by atoms with Gasteiger partial charge in [-0.25, -0.2) is 0 Å². The van der Waals surface area contributed by atoms with Gasteiger partial charge in [0.1, 0.15) is 0 Å². The molecule has 3 rings (SSSR count). The first kappa shape index (κ1) is 14.6. The number of ketones is 1. The summed E-state index contributed by atoms with van der Waals surface area (Å²) in [6.45, 7) is 1.69. The fourth-order valence-electron chi connectivity index (χ4n) is 3.42. The number of carboxylic acids is 1. The maximum Gasteiger partial charge on any atom is 0.310 e. The average molecular weight is 304 g/mol. The molecule has 0 bridgehead atoms. The van der Waals surface area contributed by atoms with Crippen molar-refractivity contribution in [1.29, 1.82) is 0 Å². The van der Waals surface area contributed by atoms with E-state index in [1.54, 1.807) is 24.8 Å². The van der Waals surface area contributed by atoms with Gasteiger partial charge in [-0.05, 0) is 43.4 Å². The first-order chi connectivity index (χ1) is 10.1. The molecule has 1 aromatic rings. The molecule has 3 nitrogen and oxygen atoms in total. The molecule has 0 radical (unpaired) electrons. The zero-order valence-electron chi connectivity index (χ0n) is 12.2. The zero-order valence-corrected chi connectivity index (χ0v) is 13.0. The highest BCUT2D eigenvalue weighted by Gasteiger charge is 2.35. The smallest absolute Gasteiger partial charge is 0.310 e. The van der Waals surface area contributed by atoms with Crippen LogP contribution in [0.15, 0.2) is 23.1 Å². The van der Waals surface area contributed by atoms with Gasteiger partial charge < -0.3 is 5.11 Å². The van der Waals surface area contributed by atoms with E-state index in [1.165, 1.54) is 6.42 Å². The molecule has 0 spiro atoms. The molecular formula is C17H20O3S. The maximum atomic E-state index is 12.8. The van der Waals surface area contributed by atoms with Crippen LogP contribution in [0, 0.1) is 11.8 Å². The number of carbonyl (C=O) groups excluding carboxylic acids is 1. The molecule has 1 fully saturated rings. The van der Waals surface area contributed by atoms with Crippen molar-refractivity contribution in [2.45, 2.75) is 43.4 Å². The molecule has 1 heterocycles. The molecule has 2 aliphatic rings. The topological polar surface area (TPSA) is 54.4 Å². The Morgan fingerprint density at radius 2 is 2.10 bits per heavy atom. The number of aliphatic carboxylic acids is 1. The second kappa shape index (κ2) is 5.84. The second-order valence-electron chi connectivity index (χ2n) is 6.14. The average Bonchev–Trinajstić information content (AvgIpc) is 2.64. The fraction of sp³-hybridized carbons (Fsp3) is 0.529. The highest BCUT2D eigenvalue weighted by molar-refractivity contribution is 7.99. The van der Waals surface area contributed by atoms with Crippen molar-refractivity contribution in [1.82, 2.24) is 0 Å². The summed E-state index contributed by atoms with van der Waals surface area (Å²) >= 11 is 1.73. The van der Waals surface area contributed by atoms with Crippen LogP contribution in [0.5, 0.6) is 0 Å². The van der Waals surface area contributed by atoms with Crippen molar-refractivity contribution in [2.24, 2.45) is 11.8 Å². The van der Waals surface area contributed by atoms with Gasteiger partial charge in [0.05, 0.1) is 5.92 Å². The molecule has 0 aromatic heterocycles. The molecule has 0 saturated heterocycles. The Morgan fingerprint density at radius 1 is 1.33 bits per heavy atom.